The van der Waals surface area contributed by atoms with Crippen LogP contribution in [-0.4, -0.2) is 37.2 Å². The summed E-state index contributed by atoms with van der Waals surface area (Å²) in [6.45, 7) is 6.33. The molecule has 0 radical (unpaired) electrons. The van der Waals surface area contributed by atoms with Crippen LogP contribution in [0.1, 0.15) is 271 Å². The van der Waals surface area contributed by atoms with E-state index in [0.29, 0.717) is 19.3 Å². The SMILES string of the molecule is CC/C=C\C/C=C\C/C=C\C/C=C\C/C=C\C/C=C\CCCCCCCCCCCCCCC(=O)OCC(COC(=O)CCCCCCCC)OC(=O)CCCCCCC/C=C\C/C=C\C/C=C\C/C=C\C/C=C\CC. The van der Waals surface area contributed by atoms with Crippen LogP contribution in [0, 0.1) is 0 Å². The number of ether oxygens (including phenoxy) is 3. The molecule has 0 bridgehead atoms. The lowest BCUT2D eigenvalue weighted by atomic mass is 10.0. The zero-order chi connectivity index (χ0) is 55.0. The normalized spacial score (nSPS) is 13.0. The second-order valence-electron chi connectivity index (χ2n) is 20.2. The topological polar surface area (TPSA) is 78.9 Å². The maximum atomic E-state index is 12.8. The van der Waals surface area contributed by atoms with Crippen LogP contribution in [0.5, 0.6) is 0 Å². The van der Waals surface area contributed by atoms with E-state index < -0.39 is 6.10 Å². The van der Waals surface area contributed by atoms with Gasteiger partial charge in [0.05, 0.1) is 0 Å². The van der Waals surface area contributed by atoms with E-state index in [1.807, 2.05) is 0 Å². The molecule has 6 heteroatoms. The molecule has 0 rings (SSSR count). The fourth-order valence-corrected chi connectivity index (χ4v) is 8.30. The first-order valence-electron chi connectivity index (χ1n) is 31.2. The summed E-state index contributed by atoms with van der Waals surface area (Å²) in [6.07, 6.45) is 89.2. The molecule has 0 aromatic carbocycles. The smallest absolute Gasteiger partial charge is 0.306 e. The Morgan fingerprint density at radius 3 is 0.803 bits per heavy atom. The highest BCUT2D eigenvalue weighted by Gasteiger charge is 2.19. The van der Waals surface area contributed by atoms with E-state index in [-0.39, 0.29) is 31.1 Å². The van der Waals surface area contributed by atoms with E-state index in [0.717, 1.165) is 148 Å². The van der Waals surface area contributed by atoms with Gasteiger partial charge < -0.3 is 14.2 Å². The molecule has 0 saturated carbocycles. The minimum Gasteiger partial charge on any atom is -0.462 e. The number of carbonyl (C=O) groups excluding carboxylic acids is 3. The highest BCUT2D eigenvalue weighted by Crippen LogP contribution is 2.15. The van der Waals surface area contributed by atoms with Gasteiger partial charge in [-0.2, -0.15) is 0 Å². The zero-order valence-corrected chi connectivity index (χ0v) is 49.2. The largest absolute Gasteiger partial charge is 0.462 e. The Bertz CT molecular complexity index is 1630. The van der Waals surface area contributed by atoms with E-state index in [4.69, 9.17) is 14.2 Å². The molecule has 430 valence electrons. The van der Waals surface area contributed by atoms with E-state index in [9.17, 15) is 14.4 Å². The minimum absolute atomic E-state index is 0.0887. The molecule has 0 spiro atoms. The van der Waals surface area contributed by atoms with Crippen molar-refractivity contribution in [2.24, 2.45) is 0 Å². The van der Waals surface area contributed by atoms with Crippen LogP contribution in [0.4, 0.5) is 0 Å². The molecule has 0 N–H and O–H groups in total. The molecular formula is C70H114O6. The molecule has 76 heavy (non-hydrogen) atoms. The van der Waals surface area contributed by atoms with Crippen LogP contribution >= 0.6 is 0 Å². The Hall–Kier alpha value is -4.45. The third-order valence-electron chi connectivity index (χ3n) is 12.9. The van der Waals surface area contributed by atoms with Crippen LogP contribution in [0.15, 0.2) is 134 Å². The van der Waals surface area contributed by atoms with E-state index in [2.05, 4.69) is 154 Å². The molecule has 0 saturated heterocycles. The number of allylic oxidation sites excluding steroid dienone is 22. The van der Waals surface area contributed by atoms with Crippen molar-refractivity contribution < 1.29 is 28.6 Å². The summed E-state index contributed by atoms with van der Waals surface area (Å²) >= 11 is 0. The molecule has 0 aliphatic carbocycles. The van der Waals surface area contributed by atoms with Crippen LogP contribution in [0.25, 0.3) is 0 Å². The molecule has 0 aliphatic heterocycles. The number of hydrogen-bond donors (Lipinski definition) is 0. The van der Waals surface area contributed by atoms with Crippen LogP contribution in [0.3, 0.4) is 0 Å². The number of unbranched alkanes of at least 4 members (excludes halogenated alkanes) is 22. The maximum absolute atomic E-state index is 12.8. The lowest BCUT2D eigenvalue weighted by Gasteiger charge is -2.18. The number of rotatable bonds is 55. The minimum atomic E-state index is -0.790. The van der Waals surface area contributed by atoms with Crippen molar-refractivity contribution in [1.82, 2.24) is 0 Å². The molecule has 1 unspecified atom stereocenters. The van der Waals surface area contributed by atoms with Crippen molar-refractivity contribution in [3.63, 3.8) is 0 Å². The summed E-state index contributed by atoms with van der Waals surface area (Å²) in [6, 6.07) is 0. The van der Waals surface area contributed by atoms with Gasteiger partial charge in [-0.1, -0.05) is 270 Å². The fraction of sp³-hybridized carbons (Fsp3) is 0.643. The maximum Gasteiger partial charge on any atom is 0.306 e. The third kappa shape index (κ3) is 60.4. The summed E-state index contributed by atoms with van der Waals surface area (Å²) in [5.41, 5.74) is 0. The van der Waals surface area contributed by atoms with Crippen molar-refractivity contribution in [3.05, 3.63) is 134 Å². The van der Waals surface area contributed by atoms with Gasteiger partial charge in [-0.15, -0.1) is 0 Å². The first-order chi connectivity index (χ1) is 37.5. The Morgan fingerprint density at radius 1 is 0.276 bits per heavy atom. The van der Waals surface area contributed by atoms with Gasteiger partial charge in [0.2, 0.25) is 0 Å². The van der Waals surface area contributed by atoms with Crippen molar-refractivity contribution in [1.29, 1.82) is 0 Å². The van der Waals surface area contributed by atoms with Crippen molar-refractivity contribution in [3.8, 4) is 0 Å². The van der Waals surface area contributed by atoms with Gasteiger partial charge >= 0.3 is 17.9 Å². The highest BCUT2D eigenvalue weighted by molar-refractivity contribution is 5.71. The third-order valence-corrected chi connectivity index (χ3v) is 12.9. The molecule has 6 nitrogen and oxygen atoms in total. The summed E-state index contributed by atoms with van der Waals surface area (Å²) < 4.78 is 16.8. The van der Waals surface area contributed by atoms with Gasteiger partial charge in [-0.05, 0) is 116 Å². The summed E-state index contributed by atoms with van der Waals surface area (Å²) in [5, 5.41) is 0. The first-order valence-corrected chi connectivity index (χ1v) is 31.2. The zero-order valence-electron chi connectivity index (χ0n) is 49.2. The average molecular weight is 1050 g/mol. The standard InChI is InChI=1S/C70H114O6/c1-4-7-10-13-16-18-20-22-24-26-28-30-31-32-33-34-35-36-37-38-39-41-42-44-46-48-50-52-54-57-60-63-69(72)75-66-67(65-74-68(71)62-59-56-15-12-9-6-3)76-70(73)64-61-58-55-53-51-49-47-45-43-40-29-27-25-23-21-19-17-14-11-8-5-2/h7-8,10-11,16-19,22-25,28-30,32-33,35-36,40,45,47,67H,4-6,9,12-15,20-21,26-27,31,34,37-39,41-44,46,48-66H2,1-3H3/b10-7-,11-8-,18-16-,19-17-,24-22-,25-23-,30-28-,33-32-,36-35-,40-29-,47-45-. The predicted molar refractivity (Wildman–Crippen MR) is 329 cm³/mol. The molecule has 0 amide bonds. The molecule has 0 heterocycles. The number of esters is 3. The number of hydrogen-bond acceptors (Lipinski definition) is 6. The molecule has 0 aliphatic rings. The Labute approximate surface area is 468 Å². The molecule has 1 atom stereocenters. The predicted octanol–water partition coefficient (Wildman–Crippen LogP) is 21.4. The molecule has 0 aromatic heterocycles. The van der Waals surface area contributed by atoms with Gasteiger partial charge in [0.15, 0.2) is 6.10 Å². The van der Waals surface area contributed by atoms with Gasteiger partial charge in [0.25, 0.3) is 0 Å². The lowest BCUT2D eigenvalue weighted by molar-refractivity contribution is -0.167. The molecular weight excluding hydrogens is 937 g/mol. The lowest BCUT2D eigenvalue weighted by Crippen LogP contribution is -2.30. The van der Waals surface area contributed by atoms with Gasteiger partial charge in [0, 0.05) is 19.3 Å². The number of carbonyl (C=O) groups is 3. The van der Waals surface area contributed by atoms with Gasteiger partial charge in [0.1, 0.15) is 13.2 Å². The van der Waals surface area contributed by atoms with Crippen LogP contribution in [0.2, 0.25) is 0 Å². The van der Waals surface area contributed by atoms with E-state index in [1.165, 1.54) is 83.5 Å². The Balaban J connectivity index is 4.13. The fourth-order valence-electron chi connectivity index (χ4n) is 8.30. The highest BCUT2D eigenvalue weighted by atomic mass is 16.6. The van der Waals surface area contributed by atoms with Crippen LogP contribution in [-0.2, 0) is 28.6 Å². The summed E-state index contributed by atoms with van der Waals surface area (Å²) in [7, 11) is 0. The van der Waals surface area contributed by atoms with E-state index >= 15 is 0 Å². The van der Waals surface area contributed by atoms with E-state index in [1.54, 1.807) is 0 Å². The van der Waals surface area contributed by atoms with Crippen molar-refractivity contribution >= 4 is 17.9 Å². The first kappa shape index (κ1) is 71.5. The van der Waals surface area contributed by atoms with Crippen LogP contribution < -0.4 is 0 Å². The Morgan fingerprint density at radius 2 is 0.513 bits per heavy atom. The van der Waals surface area contributed by atoms with Crippen molar-refractivity contribution in [2.75, 3.05) is 13.2 Å². The van der Waals surface area contributed by atoms with Gasteiger partial charge in [-0.25, -0.2) is 0 Å². The Kier molecular flexibility index (Phi) is 59.4. The summed E-state index contributed by atoms with van der Waals surface area (Å²) in [4.78, 5) is 38.0. The average Bonchev–Trinajstić information content (AvgIpc) is 3.42. The summed E-state index contributed by atoms with van der Waals surface area (Å²) in [5.74, 6) is -0.920. The van der Waals surface area contributed by atoms with Crippen molar-refractivity contribution in [2.45, 2.75) is 277 Å². The quantitative estimate of drug-likeness (QED) is 0.0261. The monoisotopic (exact) mass is 1050 g/mol. The molecule has 0 aromatic rings. The second-order valence-corrected chi connectivity index (χ2v) is 20.2. The second kappa shape index (κ2) is 63.1. The van der Waals surface area contributed by atoms with Gasteiger partial charge in [-0.3, -0.25) is 14.4 Å². The molecule has 0 fully saturated rings.